The van der Waals surface area contributed by atoms with Gasteiger partial charge in [0.1, 0.15) is 0 Å². The SMILES string of the molecule is CCCC1(C(=O)O)CCN(C(C)C(C)(C)OC)CC1. The monoisotopic (exact) mass is 271 g/mol. The van der Waals surface area contributed by atoms with Crippen LogP contribution in [-0.4, -0.2) is 47.8 Å². The molecule has 1 aliphatic heterocycles. The van der Waals surface area contributed by atoms with Crippen molar-refractivity contribution in [2.75, 3.05) is 20.2 Å². The van der Waals surface area contributed by atoms with E-state index in [1.165, 1.54) is 0 Å². The molecule has 1 saturated heterocycles. The largest absolute Gasteiger partial charge is 0.481 e. The molecule has 0 radical (unpaired) electrons. The smallest absolute Gasteiger partial charge is 0.309 e. The third-order valence-corrected chi connectivity index (χ3v) is 5.02. The molecule has 0 aromatic carbocycles. The van der Waals surface area contributed by atoms with Crippen molar-refractivity contribution in [3.63, 3.8) is 0 Å². The quantitative estimate of drug-likeness (QED) is 0.807. The number of rotatable bonds is 6. The first-order valence-electron chi connectivity index (χ1n) is 7.31. The summed E-state index contributed by atoms with van der Waals surface area (Å²) in [6.45, 7) is 10.1. The second-order valence-electron chi connectivity index (χ2n) is 6.35. The third-order valence-electron chi connectivity index (χ3n) is 5.02. The topological polar surface area (TPSA) is 49.8 Å². The van der Waals surface area contributed by atoms with Gasteiger partial charge in [-0.3, -0.25) is 9.69 Å². The number of piperidine rings is 1. The second kappa shape index (κ2) is 6.23. The highest BCUT2D eigenvalue weighted by atomic mass is 16.5. The number of carboxylic acids is 1. The Balaban J connectivity index is 2.68. The molecule has 0 aliphatic carbocycles. The van der Waals surface area contributed by atoms with E-state index < -0.39 is 11.4 Å². The van der Waals surface area contributed by atoms with Gasteiger partial charge in [0.15, 0.2) is 0 Å². The van der Waals surface area contributed by atoms with E-state index in [1.807, 2.05) is 0 Å². The standard InChI is InChI=1S/C15H29NO3/c1-6-7-15(13(17)18)8-10-16(11-9-15)12(2)14(3,4)19-5/h12H,6-11H2,1-5H3,(H,17,18). The van der Waals surface area contributed by atoms with Crippen molar-refractivity contribution in [2.24, 2.45) is 5.41 Å². The average molecular weight is 271 g/mol. The fraction of sp³-hybridized carbons (Fsp3) is 0.933. The van der Waals surface area contributed by atoms with Crippen molar-refractivity contribution in [3.05, 3.63) is 0 Å². The molecule has 0 spiro atoms. The molecule has 1 unspecified atom stereocenters. The maximum Gasteiger partial charge on any atom is 0.309 e. The molecule has 1 atom stereocenters. The van der Waals surface area contributed by atoms with E-state index in [0.717, 1.165) is 38.8 Å². The van der Waals surface area contributed by atoms with Crippen molar-refractivity contribution < 1.29 is 14.6 Å². The van der Waals surface area contributed by atoms with Crippen LogP contribution in [0.3, 0.4) is 0 Å². The van der Waals surface area contributed by atoms with E-state index in [4.69, 9.17) is 4.74 Å². The number of hydrogen-bond donors (Lipinski definition) is 1. The zero-order valence-corrected chi connectivity index (χ0v) is 13.0. The highest BCUT2D eigenvalue weighted by molar-refractivity contribution is 5.74. The molecule has 0 bridgehead atoms. The summed E-state index contributed by atoms with van der Waals surface area (Å²) in [5.41, 5.74) is -0.698. The number of carboxylic acid groups (broad SMARTS) is 1. The first-order chi connectivity index (χ1) is 8.79. The van der Waals surface area contributed by atoms with E-state index in [9.17, 15) is 9.90 Å². The van der Waals surface area contributed by atoms with Gasteiger partial charge >= 0.3 is 5.97 Å². The van der Waals surface area contributed by atoms with Crippen LogP contribution in [0, 0.1) is 5.41 Å². The lowest BCUT2D eigenvalue weighted by atomic mass is 9.74. The van der Waals surface area contributed by atoms with Gasteiger partial charge < -0.3 is 9.84 Å². The van der Waals surface area contributed by atoms with Crippen LogP contribution in [0.2, 0.25) is 0 Å². The summed E-state index contributed by atoms with van der Waals surface area (Å²) in [6.07, 6.45) is 3.23. The molecule has 112 valence electrons. The van der Waals surface area contributed by atoms with Crippen molar-refractivity contribution in [3.8, 4) is 0 Å². The van der Waals surface area contributed by atoms with E-state index >= 15 is 0 Å². The third kappa shape index (κ3) is 3.48. The highest BCUT2D eigenvalue weighted by Gasteiger charge is 2.43. The van der Waals surface area contributed by atoms with Crippen LogP contribution < -0.4 is 0 Å². The van der Waals surface area contributed by atoms with Gasteiger partial charge in [0, 0.05) is 13.2 Å². The summed E-state index contributed by atoms with van der Waals surface area (Å²) in [5, 5.41) is 9.51. The van der Waals surface area contributed by atoms with Gasteiger partial charge in [0.05, 0.1) is 11.0 Å². The number of hydrogen-bond acceptors (Lipinski definition) is 3. The van der Waals surface area contributed by atoms with Crippen molar-refractivity contribution in [1.29, 1.82) is 0 Å². The Morgan fingerprint density at radius 3 is 2.32 bits per heavy atom. The Morgan fingerprint density at radius 1 is 1.42 bits per heavy atom. The first kappa shape index (κ1) is 16.4. The lowest BCUT2D eigenvalue weighted by Gasteiger charge is -2.45. The molecular formula is C15H29NO3. The van der Waals surface area contributed by atoms with Crippen LogP contribution >= 0.6 is 0 Å². The summed E-state index contributed by atoms with van der Waals surface area (Å²) in [5.74, 6) is -0.618. The minimum Gasteiger partial charge on any atom is -0.481 e. The van der Waals surface area contributed by atoms with Crippen LogP contribution in [0.15, 0.2) is 0 Å². The van der Waals surface area contributed by atoms with E-state index in [2.05, 4.69) is 32.6 Å². The van der Waals surface area contributed by atoms with Gasteiger partial charge in [0.2, 0.25) is 0 Å². The van der Waals surface area contributed by atoms with Gasteiger partial charge in [-0.05, 0) is 53.1 Å². The van der Waals surface area contributed by atoms with Gasteiger partial charge in [0.25, 0.3) is 0 Å². The predicted octanol–water partition coefficient (Wildman–Crippen LogP) is 2.77. The predicted molar refractivity (Wildman–Crippen MR) is 76.3 cm³/mol. The minimum absolute atomic E-state index is 0.200. The summed E-state index contributed by atoms with van der Waals surface area (Å²) >= 11 is 0. The molecule has 0 aromatic heterocycles. The minimum atomic E-state index is -0.618. The molecule has 1 rings (SSSR count). The van der Waals surface area contributed by atoms with E-state index in [1.54, 1.807) is 7.11 Å². The molecule has 4 heteroatoms. The lowest BCUT2D eigenvalue weighted by Crippen LogP contribution is -2.54. The Kier molecular flexibility index (Phi) is 5.39. The van der Waals surface area contributed by atoms with Crippen LogP contribution in [0.25, 0.3) is 0 Å². The van der Waals surface area contributed by atoms with Gasteiger partial charge in [-0.1, -0.05) is 13.3 Å². The number of likely N-dealkylation sites (tertiary alicyclic amines) is 1. The number of nitrogens with zero attached hydrogens (tertiary/aromatic N) is 1. The van der Waals surface area contributed by atoms with Crippen LogP contribution in [0.4, 0.5) is 0 Å². The van der Waals surface area contributed by atoms with Crippen LogP contribution in [0.1, 0.15) is 53.4 Å². The normalized spacial score (nSPS) is 22.2. The van der Waals surface area contributed by atoms with Crippen LogP contribution in [-0.2, 0) is 9.53 Å². The maximum absolute atomic E-state index is 11.6. The molecule has 0 aromatic rings. The Hall–Kier alpha value is -0.610. The molecule has 1 aliphatic rings. The lowest BCUT2D eigenvalue weighted by molar-refractivity contribution is -0.154. The fourth-order valence-corrected chi connectivity index (χ4v) is 3.00. The average Bonchev–Trinajstić information content (AvgIpc) is 2.39. The number of ether oxygens (including phenoxy) is 1. The van der Waals surface area contributed by atoms with Crippen molar-refractivity contribution in [2.45, 2.75) is 65.0 Å². The first-order valence-corrected chi connectivity index (χ1v) is 7.31. The number of methoxy groups -OCH3 is 1. The van der Waals surface area contributed by atoms with Gasteiger partial charge in [-0.2, -0.15) is 0 Å². The summed E-state index contributed by atoms with van der Waals surface area (Å²) < 4.78 is 5.54. The van der Waals surface area contributed by atoms with Crippen molar-refractivity contribution in [1.82, 2.24) is 4.90 Å². The van der Waals surface area contributed by atoms with Crippen LogP contribution in [0.5, 0.6) is 0 Å². The second-order valence-corrected chi connectivity index (χ2v) is 6.35. The number of aliphatic carboxylic acids is 1. The summed E-state index contributed by atoms with van der Waals surface area (Å²) in [7, 11) is 1.74. The number of carbonyl (C=O) groups is 1. The zero-order chi connectivity index (χ0) is 14.7. The molecular weight excluding hydrogens is 242 g/mol. The molecule has 1 fully saturated rings. The highest BCUT2D eigenvalue weighted by Crippen LogP contribution is 2.38. The van der Waals surface area contributed by atoms with E-state index in [-0.39, 0.29) is 5.60 Å². The summed E-state index contributed by atoms with van der Waals surface area (Å²) in [4.78, 5) is 13.9. The van der Waals surface area contributed by atoms with Crippen molar-refractivity contribution >= 4 is 5.97 Å². The van der Waals surface area contributed by atoms with Gasteiger partial charge in [-0.25, -0.2) is 0 Å². The summed E-state index contributed by atoms with van der Waals surface area (Å²) in [6, 6.07) is 0.297. The fourth-order valence-electron chi connectivity index (χ4n) is 3.00. The Bertz CT molecular complexity index is 307. The van der Waals surface area contributed by atoms with Gasteiger partial charge in [-0.15, -0.1) is 0 Å². The Labute approximate surface area is 117 Å². The molecule has 0 saturated carbocycles. The molecule has 1 N–H and O–H groups in total. The maximum atomic E-state index is 11.6. The molecule has 19 heavy (non-hydrogen) atoms. The zero-order valence-electron chi connectivity index (χ0n) is 13.0. The molecule has 1 heterocycles. The van der Waals surface area contributed by atoms with E-state index in [0.29, 0.717) is 6.04 Å². The molecule has 0 amide bonds. The Morgan fingerprint density at radius 2 is 1.95 bits per heavy atom. The molecule has 4 nitrogen and oxygen atoms in total.